The van der Waals surface area contributed by atoms with Crippen molar-refractivity contribution in [3.05, 3.63) is 23.5 Å². The first-order chi connectivity index (χ1) is 17.5. The molecule has 0 unspecified atom stereocenters. The summed E-state index contributed by atoms with van der Waals surface area (Å²) in [5.41, 5.74) is -0.507. The quantitative estimate of drug-likeness (QED) is 0.445. The number of carbonyl (C=O) groups excluding carboxylic acids is 2. The van der Waals surface area contributed by atoms with Gasteiger partial charge in [-0.1, -0.05) is 13.3 Å². The largest absolute Gasteiger partial charge is 0.496 e. The van der Waals surface area contributed by atoms with E-state index in [4.69, 9.17) is 9.47 Å². The Labute approximate surface area is 217 Å². The van der Waals surface area contributed by atoms with E-state index >= 15 is 0 Å². The van der Waals surface area contributed by atoms with Crippen LogP contribution in [0.1, 0.15) is 88.9 Å². The molecule has 0 heterocycles. The van der Waals surface area contributed by atoms with Crippen molar-refractivity contribution in [3.8, 4) is 11.5 Å². The van der Waals surface area contributed by atoms with Crippen molar-refractivity contribution in [2.75, 3.05) is 7.11 Å². The number of methoxy groups -OCH3 is 1. The molecule has 204 valence electrons. The SMILES string of the molecule is COc1cc(F)c(OC2CCC(C)(C(=O)O)CC2)cc1C(=O)N[C@@H]1CCC[C@@H]1C(=O)N[C@@H](C)C1(C)CC1. The molecule has 3 aliphatic carbocycles. The monoisotopic (exact) mass is 518 g/mol. The van der Waals surface area contributed by atoms with Gasteiger partial charge in [-0.3, -0.25) is 14.4 Å². The molecule has 9 heteroatoms. The first kappa shape index (κ1) is 27.2. The van der Waals surface area contributed by atoms with E-state index in [0.717, 1.165) is 25.3 Å². The van der Waals surface area contributed by atoms with E-state index in [1.165, 1.54) is 13.2 Å². The van der Waals surface area contributed by atoms with Gasteiger partial charge in [0, 0.05) is 18.2 Å². The van der Waals surface area contributed by atoms with Crippen molar-refractivity contribution >= 4 is 17.8 Å². The summed E-state index contributed by atoms with van der Waals surface area (Å²) in [5.74, 6) is -2.28. The Morgan fingerprint density at radius 2 is 1.73 bits per heavy atom. The van der Waals surface area contributed by atoms with Gasteiger partial charge in [-0.15, -0.1) is 0 Å². The van der Waals surface area contributed by atoms with Gasteiger partial charge in [0.15, 0.2) is 11.6 Å². The second-order valence-corrected chi connectivity index (χ2v) is 11.7. The molecular formula is C28H39FN2O6. The number of carboxylic acids is 1. The minimum absolute atomic E-state index is 0.0378. The molecule has 37 heavy (non-hydrogen) atoms. The summed E-state index contributed by atoms with van der Waals surface area (Å²) in [5, 5.41) is 15.6. The Balaban J connectivity index is 1.43. The molecule has 0 aliphatic heterocycles. The molecule has 0 saturated heterocycles. The number of ether oxygens (including phenoxy) is 2. The van der Waals surface area contributed by atoms with Crippen LogP contribution in [0.25, 0.3) is 0 Å². The molecule has 1 aromatic rings. The van der Waals surface area contributed by atoms with Crippen molar-refractivity contribution in [1.82, 2.24) is 10.6 Å². The third kappa shape index (κ3) is 5.85. The zero-order valence-corrected chi connectivity index (χ0v) is 22.2. The van der Waals surface area contributed by atoms with Gasteiger partial charge < -0.3 is 25.2 Å². The molecule has 1 aromatic carbocycles. The van der Waals surface area contributed by atoms with Gasteiger partial charge in [0.1, 0.15) is 5.75 Å². The molecule has 3 saturated carbocycles. The standard InChI is InChI=1S/C28H39FN2O6/c1-16(27(2)12-13-27)30-24(32)18-6-5-7-21(18)31-25(33)19-14-23(20(29)15-22(19)36-4)37-17-8-10-28(3,11-9-17)26(34)35/h14-18,21H,5-13H2,1-4H3,(H,30,32)(H,31,33)(H,34,35)/t16-,17?,18-,21+,28?/m0/s1. The summed E-state index contributed by atoms with van der Waals surface area (Å²) in [7, 11) is 1.37. The number of hydrogen-bond donors (Lipinski definition) is 3. The summed E-state index contributed by atoms with van der Waals surface area (Å²) in [4.78, 5) is 37.8. The number of halogens is 1. The van der Waals surface area contributed by atoms with Crippen LogP contribution in [0, 0.1) is 22.6 Å². The molecule has 0 bridgehead atoms. The fourth-order valence-corrected chi connectivity index (χ4v) is 5.53. The van der Waals surface area contributed by atoms with Crippen LogP contribution < -0.4 is 20.1 Å². The van der Waals surface area contributed by atoms with Crippen LogP contribution in [-0.2, 0) is 9.59 Å². The molecule has 3 N–H and O–H groups in total. The van der Waals surface area contributed by atoms with Crippen molar-refractivity contribution in [2.24, 2.45) is 16.7 Å². The first-order valence-corrected chi connectivity index (χ1v) is 13.3. The van der Waals surface area contributed by atoms with Crippen LogP contribution in [0.5, 0.6) is 11.5 Å². The highest BCUT2D eigenvalue weighted by Crippen LogP contribution is 2.48. The van der Waals surface area contributed by atoms with Crippen molar-refractivity contribution in [1.29, 1.82) is 0 Å². The van der Waals surface area contributed by atoms with E-state index in [9.17, 15) is 23.9 Å². The Morgan fingerprint density at radius 1 is 1.05 bits per heavy atom. The fourth-order valence-electron chi connectivity index (χ4n) is 5.53. The minimum atomic E-state index is -0.837. The van der Waals surface area contributed by atoms with Crippen LogP contribution in [0.2, 0.25) is 0 Å². The minimum Gasteiger partial charge on any atom is -0.496 e. The second-order valence-electron chi connectivity index (χ2n) is 11.7. The molecule has 8 nitrogen and oxygen atoms in total. The van der Waals surface area contributed by atoms with Gasteiger partial charge in [0.05, 0.1) is 30.1 Å². The molecule has 2 amide bonds. The number of rotatable bonds is 9. The summed E-state index contributed by atoms with van der Waals surface area (Å²) >= 11 is 0. The highest BCUT2D eigenvalue weighted by molar-refractivity contribution is 5.98. The Morgan fingerprint density at radius 3 is 2.32 bits per heavy atom. The third-order valence-electron chi connectivity index (χ3n) is 8.96. The number of aliphatic carboxylic acids is 1. The van der Waals surface area contributed by atoms with Crippen LogP contribution >= 0.6 is 0 Å². The number of amides is 2. The maximum atomic E-state index is 14.8. The number of benzene rings is 1. The van der Waals surface area contributed by atoms with Crippen molar-refractivity contribution in [2.45, 2.75) is 96.7 Å². The average molecular weight is 519 g/mol. The van der Waals surface area contributed by atoms with Gasteiger partial charge in [0.25, 0.3) is 5.91 Å². The number of carboxylic acid groups (broad SMARTS) is 1. The van der Waals surface area contributed by atoms with Crippen LogP contribution in [0.4, 0.5) is 4.39 Å². The number of hydrogen-bond acceptors (Lipinski definition) is 5. The average Bonchev–Trinajstić information content (AvgIpc) is 3.45. The van der Waals surface area contributed by atoms with Crippen LogP contribution in [0.3, 0.4) is 0 Å². The molecule has 0 radical (unpaired) electrons. The van der Waals surface area contributed by atoms with E-state index in [-0.39, 0.29) is 52.5 Å². The zero-order valence-electron chi connectivity index (χ0n) is 22.2. The third-order valence-corrected chi connectivity index (χ3v) is 8.96. The smallest absolute Gasteiger partial charge is 0.309 e. The van der Waals surface area contributed by atoms with Crippen molar-refractivity contribution in [3.63, 3.8) is 0 Å². The van der Waals surface area contributed by atoms with E-state index in [1.54, 1.807) is 6.92 Å². The van der Waals surface area contributed by atoms with Gasteiger partial charge in [-0.05, 0) is 76.7 Å². The normalized spacial score (nSPS) is 29.2. The Kier molecular flexibility index (Phi) is 7.72. The summed E-state index contributed by atoms with van der Waals surface area (Å²) in [6, 6.07) is 2.24. The summed E-state index contributed by atoms with van der Waals surface area (Å²) < 4.78 is 26.0. The first-order valence-electron chi connectivity index (χ1n) is 13.3. The van der Waals surface area contributed by atoms with E-state index in [0.29, 0.717) is 38.5 Å². The molecule has 0 spiro atoms. The lowest BCUT2D eigenvalue weighted by atomic mass is 9.75. The van der Waals surface area contributed by atoms with Crippen molar-refractivity contribution < 1.29 is 33.4 Å². The molecule has 3 aliphatic rings. The lowest BCUT2D eigenvalue weighted by molar-refractivity contribution is -0.150. The molecule has 4 rings (SSSR count). The molecule has 3 atom stereocenters. The molecule has 0 aromatic heterocycles. The fraction of sp³-hybridized carbons (Fsp3) is 0.679. The van der Waals surface area contributed by atoms with E-state index in [2.05, 4.69) is 17.6 Å². The lowest BCUT2D eigenvalue weighted by Gasteiger charge is -2.34. The zero-order chi connectivity index (χ0) is 27.0. The van der Waals surface area contributed by atoms with Crippen LogP contribution in [-0.4, -0.2) is 48.2 Å². The number of carbonyl (C=O) groups is 3. The summed E-state index contributed by atoms with van der Waals surface area (Å²) in [6.45, 7) is 5.92. The van der Waals surface area contributed by atoms with E-state index in [1.807, 2.05) is 6.92 Å². The predicted molar refractivity (Wildman–Crippen MR) is 135 cm³/mol. The van der Waals surface area contributed by atoms with Gasteiger partial charge >= 0.3 is 5.97 Å². The predicted octanol–water partition coefficient (Wildman–Crippen LogP) is 4.45. The van der Waals surface area contributed by atoms with E-state index < -0.39 is 23.1 Å². The Bertz CT molecular complexity index is 1050. The molecular weight excluding hydrogens is 479 g/mol. The highest BCUT2D eigenvalue weighted by atomic mass is 19.1. The Hall–Kier alpha value is -2.84. The molecule has 3 fully saturated rings. The highest BCUT2D eigenvalue weighted by Gasteiger charge is 2.44. The topological polar surface area (TPSA) is 114 Å². The van der Waals surface area contributed by atoms with Crippen LogP contribution in [0.15, 0.2) is 12.1 Å². The number of nitrogens with one attached hydrogen (secondary N) is 2. The van der Waals surface area contributed by atoms with Gasteiger partial charge in [0.2, 0.25) is 5.91 Å². The summed E-state index contributed by atoms with van der Waals surface area (Å²) in [6.07, 6.45) is 5.91. The van der Waals surface area contributed by atoms with Gasteiger partial charge in [-0.2, -0.15) is 0 Å². The maximum Gasteiger partial charge on any atom is 0.309 e. The second kappa shape index (κ2) is 10.5. The van der Waals surface area contributed by atoms with Gasteiger partial charge in [-0.25, -0.2) is 4.39 Å². The maximum absolute atomic E-state index is 14.8. The lowest BCUT2D eigenvalue weighted by Crippen LogP contribution is -2.47.